The molecule has 4 nitrogen and oxygen atoms in total. The van der Waals surface area contributed by atoms with Crippen LogP contribution < -0.4 is 0 Å². The maximum atomic E-state index is 12.5. The summed E-state index contributed by atoms with van der Waals surface area (Å²) in [4.78, 5) is 14.2. The summed E-state index contributed by atoms with van der Waals surface area (Å²) in [7, 11) is 3.37. The highest BCUT2D eigenvalue weighted by molar-refractivity contribution is 5.95. The second kappa shape index (κ2) is 6.37. The zero-order chi connectivity index (χ0) is 14.6. The Labute approximate surface area is 120 Å². The highest BCUT2D eigenvalue weighted by atomic mass is 16.5. The summed E-state index contributed by atoms with van der Waals surface area (Å²) in [5, 5.41) is 10.4. The largest absolute Gasteiger partial charge is 0.388 e. The fourth-order valence-electron chi connectivity index (χ4n) is 2.92. The van der Waals surface area contributed by atoms with E-state index in [2.05, 4.69) is 0 Å². The van der Waals surface area contributed by atoms with Crippen LogP contribution >= 0.6 is 0 Å². The van der Waals surface area contributed by atoms with Crippen LogP contribution in [0.2, 0.25) is 0 Å². The molecule has 0 bridgehead atoms. The second-order valence-electron chi connectivity index (χ2n) is 5.68. The van der Waals surface area contributed by atoms with Gasteiger partial charge in [-0.2, -0.15) is 0 Å². The van der Waals surface area contributed by atoms with Crippen LogP contribution in [0.5, 0.6) is 0 Å². The Balaban J connectivity index is 2.10. The fraction of sp³-hybridized carbons (Fsp3) is 0.562. The molecule has 1 aliphatic carbocycles. The Bertz CT molecular complexity index is 467. The minimum atomic E-state index is -0.708. The third-order valence-electron chi connectivity index (χ3n) is 3.96. The lowest BCUT2D eigenvalue weighted by atomic mass is 10.0. The van der Waals surface area contributed by atoms with E-state index in [-0.39, 0.29) is 5.91 Å². The average molecular weight is 277 g/mol. The predicted molar refractivity (Wildman–Crippen MR) is 77.5 cm³/mol. The van der Waals surface area contributed by atoms with Crippen molar-refractivity contribution < 1.29 is 14.6 Å². The Kier molecular flexibility index (Phi) is 4.78. The number of likely N-dealkylation sites (N-methyl/N-ethyl adjacent to an activating group) is 1. The number of nitrogens with zero attached hydrogens (tertiary/aromatic N) is 1. The summed E-state index contributed by atoms with van der Waals surface area (Å²) in [5.41, 5.74) is 0.823. The molecule has 4 heteroatoms. The number of benzene rings is 1. The number of methoxy groups -OCH3 is 1. The number of ether oxygens (including phenoxy) is 1. The van der Waals surface area contributed by atoms with Gasteiger partial charge in [-0.15, -0.1) is 0 Å². The lowest BCUT2D eigenvalue weighted by molar-refractivity contribution is 0.0155. The van der Waals surface area contributed by atoms with E-state index in [0.29, 0.717) is 18.7 Å². The molecule has 0 aliphatic heterocycles. The molecule has 2 rings (SSSR count). The molecule has 0 radical (unpaired) electrons. The average Bonchev–Trinajstić information content (AvgIpc) is 2.85. The molecule has 1 aromatic carbocycles. The van der Waals surface area contributed by atoms with Crippen LogP contribution in [-0.2, 0) is 11.3 Å². The van der Waals surface area contributed by atoms with Gasteiger partial charge in [-0.1, -0.05) is 31.0 Å². The second-order valence-corrected chi connectivity index (χ2v) is 5.68. The molecular formula is C16H23NO3. The first-order valence-electron chi connectivity index (χ1n) is 7.10. The van der Waals surface area contributed by atoms with Crippen LogP contribution in [0.15, 0.2) is 24.3 Å². The number of carbonyl (C=O) groups is 1. The Hall–Kier alpha value is -1.39. The smallest absolute Gasteiger partial charge is 0.254 e. The van der Waals surface area contributed by atoms with Gasteiger partial charge in [0, 0.05) is 26.3 Å². The van der Waals surface area contributed by atoms with E-state index in [1.807, 2.05) is 24.3 Å². The summed E-state index contributed by atoms with van der Waals surface area (Å²) >= 11 is 0. The first-order valence-corrected chi connectivity index (χ1v) is 7.10. The van der Waals surface area contributed by atoms with Gasteiger partial charge in [-0.3, -0.25) is 4.79 Å². The van der Waals surface area contributed by atoms with Crippen molar-refractivity contribution in [2.24, 2.45) is 0 Å². The zero-order valence-electron chi connectivity index (χ0n) is 12.3. The van der Waals surface area contributed by atoms with Gasteiger partial charge in [0.15, 0.2) is 0 Å². The molecule has 1 saturated carbocycles. The third-order valence-corrected chi connectivity index (χ3v) is 3.96. The maximum Gasteiger partial charge on any atom is 0.254 e. The molecule has 1 amide bonds. The fourth-order valence-corrected chi connectivity index (χ4v) is 2.92. The van der Waals surface area contributed by atoms with Crippen molar-refractivity contribution in [2.45, 2.75) is 37.9 Å². The molecule has 0 aromatic heterocycles. The molecular weight excluding hydrogens is 254 g/mol. The third kappa shape index (κ3) is 3.38. The number of rotatable bonds is 5. The summed E-state index contributed by atoms with van der Waals surface area (Å²) in [5.74, 6) is -0.0574. The molecule has 1 aromatic rings. The minimum absolute atomic E-state index is 0.0574. The van der Waals surface area contributed by atoms with E-state index in [1.54, 1.807) is 19.1 Å². The zero-order valence-corrected chi connectivity index (χ0v) is 12.3. The molecule has 110 valence electrons. The molecule has 0 saturated heterocycles. The quantitative estimate of drug-likeness (QED) is 0.897. The van der Waals surface area contributed by atoms with Crippen LogP contribution in [0.3, 0.4) is 0 Å². The van der Waals surface area contributed by atoms with Crippen molar-refractivity contribution in [3.8, 4) is 0 Å². The summed E-state index contributed by atoms with van der Waals surface area (Å²) in [6.07, 6.45) is 3.65. The van der Waals surface area contributed by atoms with Gasteiger partial charge in [0.05, 0.1) is 12.2 Å². The lowest BCUT2D eigenvalue weighted by Crippen LogP contribution is -2.42. The van der Waals surface area contributed by atoms with E-state index in [0.717, 1.165) is 31.2 Å². The van der Waals surface area contributed by atoms with Gasteiger partial charge < -0.3 is 14.7 Å². The highest BCUT2D eigenvalue weighted by Crippen LogP contribution is 2.30. The Morgan fingerprint density at radius 2 is 2.00 bits per heavy atom. The van der Waals surface area contributed by atoms with Gasteiger partial charge >= 0.3 is 0 Å². The van der Waals surface area contributed by atoms with Crippen molar-refractivity contribution in [2.75, 3.05) is 20.7 Å². The van der Waals surface area contributed by atoms with E-state index < -0.39 is 5.60 Å². The van der Waals surface area contributed by atoms with Gasteiger partial charge in [-0.05, 0) is 24.5 Å². The molecule has 0 spiro atoms. The van der Waals surface area contributed by atoms with E-state index in [1.165, 1.54) is 0 Å². The van der Waals surface area contributed by atoms with Crippen molar-refractivity contribution >= 4 is 5.91 Å². The SMILES string of the molecule is COCc1ccccc1C(=O)N(C)CC1(O)CCCC1. The van der Waals surface area contributed by atoms with Crippen molar-refractivity contribution in [3.63, 3.8) is 0 Å². The molecule has 1 fully saturated rings. The molecule has 0 unspecified atom stereocenters. The highest BCUT2D eigenvalue weighted by Gasteiger charge is 2.33. The normalized spacial score (nSPS) is 17.1. The van der Waals surface area contributed by atoms with Crippen LogP contribution in [0.25, 0.3) is 0 Å². The number of amides is 1. The summed E-state index contributed by atoms with van der Waals surface area (Å²) in [6.45, 7) is 0.813. The van der Waals surface area contributed by atoms with E-state index >= 15 is 0 Å². The van der Waals surface area contributed by atoms with Gasteiger partial charge in [0.2, 0.25) is 0 Å². The Morgan fingerprint density at radius 1 is 1.35 bits per heavy atom. The first kappa shape index (κ1) is 15.0. The predicted octanol–water partition coefficient (Wildman–Crippen LogP) is 2.21. The first-order chi connectivity index (χ1) is 9.56. The number of carbonyl (C=O) groups excluding carboxylic acids is 1. The van der Waals surface area contributed by atoms with Gasteiger partial charge in [0.25, 0.3) is 5.91 Å². The maximum absolute atomic E-state index is 12.5. The lowest BCUT2D eigenvalue weighted by Gasteiger charge is -2.29. The molecule has 20 heavy (non-hydrogen) atoms. The number of hydrogen-bond donors (Lipinski definition) is 1. The molecule has 0 heterocycles. The summed E-state index contributed by atoms with van der Waals surface area (Å²) in [6, 6.07) is 7.46. The van der Waals surface area contributed by atoms with Crippen molar-refractivity contribution in [1.82, 2.24) is 4.90 Å². The van der Waals surface area contributed by atoms with Crippen molar-refractivity contribution in [3.05, 3.63) is 35.4 Å². The number of aliphatic hydroxyl groups is 1. The Morgan fingerprint density at radius 3 is 2.65 bits per heavy atom. The van der Waals surface area contributed by atoms with Crippen molar-refractivity contribution in [1.29, 1.82) is 0 Å². The minimum Gasteiger partial charge on any atom is -0.388 e. The topological polar surface area (TPSA) is 49.8 Å². The van der Waals surface area contributed by atoms with E-state index in [4.69, 9.17) is 4.74 Å². The van der Waals surface area contributed by atoms with Crippen LogP contribution in [0.1, 0.15) is 41.6 Å². The van der Waals surface area contributed by atoms with Crippen LogP contribution in [-0.4, -0.2) is 42.2 Å². The molecule has 0 atom stereocenters. The number of hydrogen-bond acceptors (Lipinski definition) is 3. The monoisotopic (exact) mass is 277 g/mol. The van der Waals surface area contributed by atoms with Gasteiger partial charge in [0.1, 0.15) is 0 Å². The molecule has 1 N–H and O–H groups in total. The van der Waals surface area contributed by atoms with Crippen LogP contribution in [0, 0.1) is 0 Å². The standard InChI is InChI=1S/C16H23NO3/c1-17(12-16(19)9-5-6-10-16)15(18)14-8-4-3-7-13(14)11-20-2/h3-4,7-8,19H,5-6,9-12H2,1-2H3. The molecule has 1 aliphatic rings. The van der Waals surface area contributed by atoms with Gasteiger partial charge in [-0.25, -0.2) is 0 Å². The van der Waals surface area contributed by atoms with E-state index in [9.17, 15) is 9.90 Å². The van der Waals surface area contributed by atoms with Crippen LogP contribution in [0.4, 0.5) is 0 Å². The summed E-state index contributed by atoms with van der Waals surface area (Å²) < 4.78 is 5.13.